The molecule has 126 valence electrons. The van der Waals surface area contributed by atoms with E-state index in [0.29, 0.717) is 17.9 Å². The summed E-state index contributed by atoms with van der Waals surface area (Å²) in [6.45, 7) is 4.42. The van der Waals surface area contributed by atoms with Crippen LogP contribution in [0.15, 0.2) is 48.5 Å². The van der Waals surface area contributed by atoms with Gasteiger partial charge in [0.2, 0.25) is 0 Å². The molecule has 1 N–H and O–H groups in total. The van der Waals surface area contributed by atoms with Gasteiger partial charge in [0.05, 0.1) is 18.7 Å². The molecule has 0 aliphatic carbocycles. The molecule has 1 unspecified atom stereocenters. The predicted molar refractivity (Wildman–Crippen MR) is 95.5 cm³/mol. The smallest absolute Gasteiger partial charge is 0.258 e. The normalized spacial score (nSPS) is 17.6. The van der Waals surface area contributed by atoms with E-state index in [2.05, 4.69) is 36.5 Å². The molecule has 1 aliphatic rings. The molecule has 1 atom stereocenters. The number of amides is 1. The molecule has 1 fully saturated rings. The first-order chi connectivity index (χ1) is 11.7. The summed E-state index contributed by atoms with van der Waals surface area (Å²) in [6.07, 6.45) is 1.02. The summed E-state index contributed by atoms with van der Waals surface area (Å²) in [6, 6.07) is 16.0. The zero-order valence-electron chi connectivity index (χ0n) is 14.3. The van der Waals surface area contributed by atoms with Gasteiger partial charge in [-0.05, 0) is 29.7 Å². The highest BCUT2D eigenvalue weighted by Crippen LogP contribution is 2.27. The summed E-state index contributed by atoms with van der Waals surface area (Å²) >= 11 is 0. The van der Waals surface area contributed by atoms with E-state index >= 15 is 0 Å². The highest BCUT2D eigenvalue weighted by atomic mass is 16.5. The number of aryl methyl sites for hydroxylation is 1. The third kappa shape index (κ3) is 3.29. The number of carbonyl (C=O) groups is 1. The van der Waals surface area contributed by atoms with Crippen molar-refractivity contribution in [2.75, 3.05) is 26.7 Å². The summed E-state index contributed by atoms with van der Waals surface area (Å²) in [4.78, 5) is 15.1. The van der Waals surface area contributed by atoms with Gasteiger partial charge in [-0.1, -0.05) is 43.3 Å². The molecule has 1 saturated heterocycles. The van der Waals surface area contributed by atoms with E-state index < -0.39 is 0 Å². The van der Waals surface area contributed by atoms with Crippen molar-refractivity contribution in [3.63, 3.8) is 0 Å². The molecule has 3 rings (SSSR count). The first-order valence-electron chi connectivity index (χ1n) is 8.48. The largest absolute Gasteiger partial charge is 0.496 e. The zero-order chi connectivity index (χ0) is 16.9. The molecule has 1 aliphatic heterocycles. The second kappa shape index (κ2) is 7.49. The van der Waals surface area contributed by atoms with Crippen molar-refractivity contribution < 1.29 is 9.53 Å². The van der Waals surface area contributed by atoms with Crippen molar-refractivity contribution >= 4 is 5.91 Å². The van der Waals surface area contributed by atoms with Gasteiger partial charge in [0.1, 0.15) is 5.75 Å². The summed E-state index contributed by atoms with van der Waals surface area (Å²) in [5.41, 5.74) is 3.10. The molecule has 2 aromatic carbocycles. The summed E-state index contributed by atoms with van der Waals surface area (Å²) < 4.78 is 5.37. The van der Waals surface area contributed by atoms with E-state index in [-0.39, 0.29) is 11.9 Å². The van der Waals surface area contributed by atoms with Crippen LogP contribution in [0, 0.1) is 0 Å². The van der Waals surface area contributed by atoms with Gasteiger partial charge >= 0.3 is 0 Å². The fourth-order valence-corrected chi connectivity index (χ4v) is 3.20. The molecule has 0 saturated carbocycles. The molecule has 1 amide bonds. The standard InChI is InChI=1S/C20H24N2O2/c1-3-15-8-10-16(11-9-15)18-14-21-12-13-22(18)20(23)17-6-4-5-7-19(17)24-2/h4-11,18,21H,3,12-14H2,1-2H3. The van der Waals surface area contributed by atoms with E-state index in [1.807, 2.05) is 29.2 Å². The van der Waals surface area contributed by atoms with Crippen molar-refractivity contribution in [3.05, 3.63) is 65.2 Å². The van der Waals surface area contributed by atoms with Gasteiger partial charge in [0.25, 0.3) is 5.91 Å². The van der Waals surface area contributed by atoms with Crippen molar-refractivity contribution in [2.24, 2.45) is 0 Å². The summed E-state index contributed by atoms with van der Waals surface area (Å²) in [7, 11) is 1.60. The van der Waals surface area contributed by atoms with Crippen LogP contribution >= 0.6 is 0 Å². The second-order valence-corrected chi connectivity index (χ2v) is 6.01. The lowest BCUT2D eigenvalue weighted by atomic mass is 10.00. The number of hydrogen-bond acceptors (Lipinski definition) is 3. The highest BCUT2D eigenvalue weighted by Gasteiger charge is 2.29. The Labute approximate surface area is 143 Å². The second-order valence-electron chi connectivity index (χ2n) is 6.01. The lowest BCUT2D eigenvalue weighted by molar-refractivity contribution is 0.0631. The zero-order valence-corrected chi connectivity index (χ0v) is 14.3. The monoisotopic (exact) mass is 324 g/mol. The third-order valence-electron chi connectivity index (χ3n) is 4.61. The molecule has 1 heterocycles. The Morgan fingerprint density at radius 3 is 2.67 bits per heavy atom. The molecule has 0 aromatic heterocycles. The van der Waals surface area contributed by atoms with Gasteiger partial charge in [-0.25, -0.2) is 0 Å². The number of nitrogens with one attached hydrogen (secondary N) is 1. The maximum Gasteiger partial charge on any atom is 0.258 e. The number of piperazine rings is 1. The van der Waals surface area contributed by atoms with Crippen LogP contribution in [0.4, 0.5) is 0 Å². The molecule has 2 aromatic rings. The minimum atomic E-state index is 0.0264. The first-order valence-corrected chi connectivity index (χ1v) is 8.48. The highest BCUT2D eigenvalue weighted by molar-refractivity contribution is 5.97. The van der Waals surface area contributed by atoms with Crippen molar-refractivity contribution in [1.29, 1.82) is 0 Å². The number of methoxy groups -OCH3 is 1. The van der Waals surface area contributed by atoms with E-state index in [0.717, 1.165) is 19.5 Å². The maximum absolute atomic E-state index is 13.1. The van der Waals surface area contributed by atoms with Crippen LogP contribution in [0.25, 0.3) is 0 Å². The number of carbonyl (C=O) groups excluding carboxylic acids is 1. The Morgan fingerprint density at radius 2 is 1.96 bits per heavy atom. The average molecular weight is 324 g/mol. The van der Waals surface area contributed by atoms with Gasteiger partial charge in [-0.15, -0.1) is 0 Å². The Balaban J connectivity index is 1.89. The molecule has 0 spiro atoms. The fourth-order valence-electron chi connectivity index (χ4n) is 3.20. The fraction of sp³-hybridized carbons (Fsp3) is 0.350. The van der Waals surface area contributed by atoms with Gasteiger partial charge in [-0.3, -0.25) is 4.79 Å². The molecule has 4 nitrogen and oxygen atoms in total. The minimum absolute atomic E-state index is 0.0264. The number of ether oxygens (including phenoxy) is 1. The van der Waals surface area contributed by atoms with Crippen LogP contribution in [-0.4, -0.2) is 37.6 Å². The number of benzene rings is 2. The number of hydrogen-bond donors (Lipinski definition) is 1. The van der Waals surface area contributed by atoms with Crippen LogP contribution in [0.1, 0.15) is 34.5 Å². The molecular weight excluding hydrogens is 300 g/mol. The Hall–Kier alpha value is -2.33. The van der Waals surface area contributed by atoms with Gasteiger partial charge in [0, 0.05) is 19.6 Å². The minimum Gasteiger partial charge on any atom is -0.496 e. The predicted octanol–water partition coefficient (Wildman–Crippen LogP) is 3.04. The third-order valence-corrected chi connectivity index (χ3v) is 4.61. The van der Waals surface area contributed by atoms with E-state index in [1.54, 1.807) is 7.11 Å². The first kappa shape index (κ1) is 16.5. The Kier molecular flexibility index (Phi) is 5.16. The maximum atomic E-state index is 13.1. The molecule has 0 bridgehead atoms. The number of rotatable bonds is 4. The van der Waals surface area contributed by atoms with Gasteiger partial charge in [0.15, 0.2) is 0 Å². The van der Waals surface area contributed by atoms with Crippen molar-refractivity contribution in [2.45, 2.75) is 19.4 Å². The number of para-hydroxylation sites is 1. The van der Waals surface area contributed by atoms with E-state index in [9.17, 15) is 4.79 Å². The van der Waals surface area contributed by atoms with Crippen molar-refractivity contribution in [1.82, 2.24) is 10.2 Å². The molecule has 24 heavy (non-hydrogen) atoms. The van der Waals surface area contributed by atoms with Crippen LogP contribution in [0.2, 0.25) is 0 Å². The topological polar surface area (TPSA) is 41.6 Å². The average Bonchev–Trinajstić information content (AvgIpc) is 2.67. The Bertz CT molecular complexity index is 697. The Morgan fingerprint density at radius 1 is 1.21 bits per heavy atom. The molecular formula is C20H24N2O2. The van der Waals surface area contributed by atoms with E-state index in [1.165, 1.54) is 11.1 Å². The van der Waals surface area contributed by atoms with Crippen molar-refractivity contribution in [3.8, 4) is 5.75 Å². The summed E-state index contributed by atoms with van der Waals surface area (Å²) in [5, 5.41) is 3.40. The molecule has 0 radical (unpaired) electrons. The van der Waals surface area contributed by atoms with Gasteiger partial charge < -0.3 is 15.0 Å². The SMILES string of the molecule is CCc1ccc(C2CNCCN2C(=O)c2ccccc2OC)cc1. The van der Waals surface area contributed by atoms with Gasteiger partial charge in [-0.2, -0.15) is 0 Å². The quantitative estimate of drug-likeness (QED) is 0.940. The molecule has 4 heteroatoms. The number of nitrogens with zero attached hydrogens (tertiary/aromatic N) is 1. The van der Waals surface area contributed by atoms with Crippen LogP contribution in [-0.2, 0) is 6.42 Å². The van der Waals surface area contributed by atoms with Crippen LogP contribution in [0.5, 0.6) is 5.75 Å². The lowest BCUT2D eigenvalue weighted by Crippen LogP contribution is -2.48. The van der Waals surface area contributed by atoms with E-state index in [4.69, 9.17) is 4.74 Å². The van der Waals surface area contributed by atoms with Crippen LogP contribution in [0.3, 0.4) is 0 Å². The lowest BCUT2D eigenvalue weighted by Gasteiger charge is -2.37. The summed E-state index contributed by atoms with van der Waals surface area (Å²) in [5.74, 6) is 0.652. The van der Waals surface area contributed by atoms with Crippen LogP contribution < -0.4 is 10.1 Å².